The predicted octanol–water partition coefficient (Wildman–Crippen LogP) is 4.87. The largest absolute Gasteiger partial charge is 0.274 e. The maximum absolute atomic E-state index is 12.9. The number of carbonyl (C=O) groups excluding carboxylic acids is 2. The van der Waals surface area contributed by atoms with Crippen LogP contribution in [-0.2, 0) is 9.59 Å². The molecule has 0 aromatic heterocycles. The molecule has 0 saturated carbocycles. The van der Waals surface area contributed by atoms with Crippen molar-refractivity contribution in [2.24, 2.45) is 5.92 Å². The van der Waals surface area contributed by atoms with E-state index in [0.29, 0.717) is 27.6 Å². The number of hydrogen-bond donors (Lipinski definition) is 0. The Kier molecular flexibility index (Phi) is 5.30. The van der Waals surface area contributed by atoms with Gasteiger partial charge in [0.1, 0.15) is 0 Å². The van der Waals surface area contributed by atoms with Crippen molar-refractivity contribution in [1.29, 1.82) is 0 Å². The third kappa shape index (κ3) is 3.80. The molecular weight excluding hydrogens is 354 g/mol. The molecule has 0 radical (unpaired) electrons. The van der Waals surface area contributed by atoms with Crippen LogP contribution in [-0.4, -0.2) is 23.3 Å². The van der Waals surface area contributed by atoms with E-state index in [1.807, 2.05) is 44.2 Å². The lowest BCUT2D eigenvalue weighted by molar-refractivity contribution is -0.137. The summed E-state index contributed by atoms with van der Waals surface area (Å²) in [5, 5.41) is 0.595. The van der Waals surface area contributed by atoms with Gasteiger partial charge < -0.3 is 0 Å². The van der Waals surface area contributed by atoms with Crippen LogP contribution in [0.1, 0.15) is 19.4 Å². The molecule has 2 aromatic carbocycles. The normalized spacial score (nSPS) is 14.8. The molecule has 0 fully saturated rings. The topological polar surface area (TPSA) is 37.4 Å². The van der Waals surface area contributed by atoms with E-state index >= 15 is 0 Å². The molecule has 0 saturated heterocycles. The van der Waals surface area contributed by atoms with Crippen molar-refractivity contribution in [1.82, 2.24) is 4.90 Å². The number of rotatable bonds is 5. The van der Waals surface area contributed by atoms with E-state index in [1.165, 1.54) is 16.7 Å². The van der Waals surface area contributed by atoms with Gasteiger partial charge in [0.05, 0.1) is 10.5 Å². The molecule has 2 aromatic rings. The number of halogens is 1. The number of imide groups is 1. The lowest BCUT2D eigenvalue weighted by Gasteiger charge is -2.17. The molecule has 1 aliphatic rings. The van der Waals surface area contributed by atoms with Crippen molar-refractivity contribution in [3.8, 4) is 0 Å². The quantitative estimate of drug-likeness (QED) is 0.704. The summed E-state index contributed by atoms with van der Waals surface area (Å²) in [5.74, 6) is -0.252. The Balaban J connectivity index is 2.05. The number of hydrogen-bond acceptors (Lipinski definition) is 3. The highest BCUT2D eigenvalue weighted by Gasteiger charge is 2.39. The first kappa shape index (κ1) is 17.8. The summed E-state index contributed by atoms with van der Waals surface area (Å²) in [6.45, 7) is 4.39. The fraction of sp³-hybridized carbons (Fsp3) is 0.200. The Bertz CT molecular complexity index is 829. The third-order valence-electron chi connectivity index (χ3n) is 3.77. The van der Waals surface area contributed by atoms with Gasteiger partial charge in [0.15, 0.2) is 0 Å². The van der Waals surface area contributed by atoms with E-state index in [-0.39, 0.29) is 17.7 Å². The van der Waals surface area contributed by atoms with Crippen molar-refractivity contribution in [3.63, 3.8) is 0 Å². The van der Waals surface area contributed by atoms with Gasteiger partial charge >= 0.3 is 0 Å². The first-order valence-electron chi connectivity index (χ1n) is 8.06. The molecule has 0 spiro atoms. The van der Waals surface area contributed by atoms with Crippen LogP contribution in [0.5, 0.6) is 0 Å². The van der Waals surface area contributed by atoms with E-state index in [4.69, 9.17) is 11.6 Å². The van der Waals surface area contributed by atoms with E-state index in [2.05, 4.69) is 0 Å². The average Bonchev–Trinajstić information content (AvgIpc) is 2.81. The van der Waals surface area contributed by atoms with Gasteiger partial charge in [-0.3, -0.25) is 14.5 Å². The molecule has 0 unspecified atom stereocenters. The van der Waals surface area contributed by atoms with E-state index < -0.39 is 0 Å². The maximum Gasteiger partial charge on any atom is 0.268 e. The third-order valence-corrected chi connectivity index (χ3v) is 5.11. The second-order valence-corrected chi connectivity index (χ2v) is 7.76. The standard InChI is InChI=1S/C20H18ClNO2S/c1-13(2)12-22-19(23)17(14-8-10-15(21)11-9-14)18(20(22)24)25-16-6-4-3-5-7-16/h3-11,13H,12H2,1-2H3. The second kappa shape index (κ2) is 7.46. The molecule has 5 heteroatoms. The molecule has 128 valence electrons. The molecule has 0 aliphatic carbocycles. The molecule has 0 atom stereocenters. The van der Waals surface area contributed by atoms with Gasteiger partial charge in [0.25, 0.3) is 11.8 Å². The van der Waals surface area contributed by atoms with Gasteiger partial charge in [0, 0.05) is 16.5 Å². The highest BCUT2D eigenvalue weighted by atomic mass is 35.5. The van der Waals surface area contributed by atoms with Crippen LogP contribution in [0.15, 0.2) is 64.4 Å². The molecule has 3 nitrogen and oxygen atoms in total. The van der Waals surface area contributed by atoms with Gasteiger partial charge in [-0.15, -0.1) is 0 Å². The minimum absolute atomic E-state index is 0.209. The smallest absolute Gasteiger partial charge is 0.268 e. The summed E-state index contributed by atoms with van der Waals surface area (Å²) >= 11 is 7.30. The summed E-state index contributed by atoms with van der Waals surface area (Å²) in [4.78, 5) is 28.6. The van der Waals surface area contributed by atoms with Crippen LogP contribution in [0, 0.1) is 5.92 Å². The van der Waals surface area contributed by atoms with Crippen LogP contribution < -0.4 is 0 Å². The molecule has 1 heterocycles. The zero-order valence-electron chi connectivity index (χ0n) is 14.0. The summed E-state index contributed by atoms with van der Waals surface area (Å²) in [6.07, 6.45) is 0. The number of amides is 2. The van der Waals surface area contributed by atoms with Gasteiger partial charge in [-0.1, -0.05) is 67.5 Å². The van der Waals surface area contributed by atoms with Crippen LogP contribution in [0.25, 0.3) is 5.57 Å². The van der Waals surface area contributed by atoms with Gasteiger partial charge in [0.2, 0.25) is 0 Å². The Labute approximate surface area is 156 Å². The minimum Gasteiger partial charge on any atom is -0.274 e. The molecular formula is C20H18ClNO2S. The number of thioether (sulfide) groups is 1. The maximum atomic E-state index is 12.9. The first-order valence-corrected chi connectivity index (χ1v) is 9.26. The summed E-state index contributed by atoms with van der Waals surface area (Å²) < 4.78 is 0. The first-order chi connectivity index (χ1) is 12.0. The summed E-state index contributed by atoms with van der Waals surface area (Å²) in [6, 6.07) is 16.6. The van der Waals surface area contributed by atoms with Crippen LogP contribution in [0.2, 0.25) is 5.02 Å². The SMILES string of the molecule is CC(C)CN1C(=O)C(Sc2ccccc2)=C(c2ccc(Cl)cc2)C1=O. The Morgan fingerprint density at radius 2 is 1.60 bits per heavy atom. The average molecular weight is 372 g/mol. The Hall–Kier alpha value is -2.04. The van der Waals surface area contributed by atoms with Crippen molar-refractivity contribution in [2.75, 3.05) is 6.54 Å². The lowest BCUT2D eigenvalue weighted by Crippen LogP contribution is -2.34. The highest BCUT2D eigenvalue weighted by molar-refractivity contribution is 8.04. The number of nitrogens with zero attached hydrogens (tertiary/aromatic N) is 1. The number of benzene rings is 2. The fourth-order valence-electron chi connectivity index (χ4n) is 2.66. The van der Waals surface area contributed by atoms with E-state index in [9.17, 15) is 9.59 Å². The minimum atomic E-state index is -0.237. The van der Waals surface area contributed by atoms with E-state index in [0.717, 1.165) is 4.90 Å². The number of carbonyl (C=O) groups is 2. The highest BCUT2D eigenvalue weighted by Crippen LogP contribution is 2.40. The van der Waals surface area contributed by atoms with Gasteiger partial charge in [-0.25, -0.2) is 0 Å². The molecule has 25 heavy (non-hydrogen) atoms. The Morgan fingerprint density at radius 3 is 2.20 bits per heavy atom. The zero-order valence-corrected chi connectivity index (χ0v) is 15.6. The van der Waals surface area contributed by atoms with Crippen molar-refractivity contribution >= 4 is 40.8 Å². The van der Waals surface area contributed by atoms with Crippen LogP contribution in [0.3, 0.4) is 0 Å². The molecule has 0 bridgehead atoms. The fourth-order valence-corrected chi connectivity index (χ4v) is 3.82. The summed E-state index contributed by atoms with van der Waals surface area (Å²) in [5.41, 5.74) is 1.17. The van der Waals surface area contributed by atoms with Crippen LogP contribution >= 0.6 is 23.4 Å². The Morgan fingerprint density at radius 1 is 0.960 bits per heavy atom. The van der Waals surface area contributed by atoms with E-state index in [1.54, 1.807) is 24.3 Å². The van der Waals surface area contributed by atoms with Crippen molar-refractivity contribution < 1.29 is 9.59 Å². The molecule has 1 aliphatic heterocycles. The van der Waals surface area contributed by atoms with Crippen molar-refractivity contribution in [2.45, 2.75) is 18.7 Å². The molecule has 3 rings (SSSR count). The second-order valence-electron chi connectivity index (χ2n) is 6.24. The predicted molar refractivity (Wildman–Crippen MR) is 102 cm³/mol. The summed E-state index contributed by atoms with van der Waals surface area (Å²) in [7, 11) is 0. The molecule has 2 amide bonds. The zero-order chi connectivity index (χ0) is 18.0. The molecule has 0 N–H and O–H groups in total. The van der Waals surface area contributed by atoms with Gasteiger partial charge in [-0.2, -0.15) is 0 Å². The monoisotopic (exact) mass is 371 g/mol. The lowest BCUT2D eigenvalue weighted by atomic mass is 10.1. The van der Waals surface area contributed by atoms with Crippen molar-refractivity contribution in [3.05, 3.63) is 70.1 Å². The van der Waals surface area contributed by atoms with Crippen LogP contribution in [0.4, 0.5) is 0 Å². The van der Waals surface area contributed by atoms with Gasteiger partial charge in [-0.05, 0) is 35.7 Å².